The summed E-state index contributed by atoms with van der Waals surface area (Å²) in [5.41, 5.74) is 1.15. The van der Waals surface area contributed by atoms with Crippen molar-refractivity contribution in [3.8, 4) is 16.5 Å². The molecule has 0 amide bonds. The quantitative estimate of drug-likeness (QED) is 0.632. The molecule has 1 aromatic carbocycles. The fraction of sp³-hybridized carbons (Fsp3) is 0.125. The van der Waals surface area contributed by atoms with Crippen molar-refractivity contribution < 1.29 is 9.53 Å². The van der Waals surface area contributed by atoms with Gasteiger partial charge in [-0.1, -0.05) is 30.3 Å². The first kappa shape index (κ1) is 14.0. The Morgan fingerprint density at radius 1 is 1.30 bits per heavy atom. The number of nitriles is 1. The maximum absolute atomic E-state index is 11.4. The van der Waals surface area contributed by atoms with Crippen LogP contribution in [0.1, 0.15) is 11.8 Å². The Kier molecular flexibility index (Phi) is 4.70. The zero-order valence-corrected chi connectivity index (χ0v) is 11.8. The van der Waals surface area contributed by atoms with Gasteiger partial charge in [-0.2, -0.15) is 5.26 Å². The molecule has 0 unspecified atom stereocenters. The fourth-order valence-corrected chi connectivity index (χ4v) is 2.51. The number of carbonyl (C=O) groups is 1. The lowest BCUT2D eigenvalue weighted by atomic mass is 10.2. The van der Waals surface area contributed by atoms with Gasteiger partial charge in [-0.15, -0.1) is 11.3 Å². The van der Waals surface area contributed by atoms with Crippen LogP contribution in [-0.4, -0.2) is 12.1 Å². The maximum atomic E-state index is 11.4. The van der Waals surface area contributed by atoms with Crippen LogP contribution in [0.3, 0.4) is 0 Å². The van der Waals surface area contributed by atoms with E-state index < -0.39 is 12.1 Å². The molecule has 0 fully saturated rings. The van der Waals surface area contributed by atoms with E-state index in [1.807, 2.05) is 48.5 Å². The summed E-state index contributed by atoms with van der Waals surface area (Å²) >= 11 is 1.59. The first-order valence-electron chi connectivity index (χ1n) is 6.12. The van der Waals surface area contributed by atoms with Gasteiger partial charge in [-0.3, -0.25) is 0 Å². The first-order chi connectivity index (χ1) is 9.69. The van der Waals surface area contributed by atoms with Crippen LogP contribution in [0.2, 0.25) is 0 Å². The lowest BCUT2D eigenvalue weighted by molar-refractivity contribution is -0.139. The van der Waals surface area contributed by atoms with Gasteiger partial charge in [0, 0.05) is 15.8 Å². The Morgan fingerprint density at radius 2 is 2.05 bits per heavy atom. The second-order valence-electron chi connectivity index (χ2n) is 4.11. The average molecular weight is 283 g/mol. The molecular weight excluding hydrogens is 270 g/mol. The van der Waals surface area contributed by atoms with E-state index in [0.717, 1.165) is 15.3 Å². The number of nitrogens with zero attached hydrogens (tertiary/aromatic N) is 1. The van der Waals surface area contributed by atoms with E-state index in [2.05, 4.69) is 0 Å². The van der Waals surface area contributed by atoms with Crippen LogP contribution in [0.15, 0.2) is 48.5 Å². The molecule has 1 aromatic heterocycles. The van der Waals surface area contributed by atoms with Gasteiger partial charge >= 0.3 is 5.97 Å². The molecule has 0 aliphatic rings. The van der Waals surface area contributed by atoms with E-state index in [1.54, 1.807) is 17.4 Å². The molecule has 1 atom stereocenters. The van der Waals surface area contributed by atoms with Crippen LogP contribution in [-0.2, 0) is 9.53 Å². The van der Waals surface area contributed by atoms with Crippen LogP contribution in [0, 0.1) is 11.3 Å². The van der Waals surface area contributed by atoms with Gasteiger partial charge in [0.2, 0.25) is 0 Å². The predicted octanol–water partition coefficient (Wildman–Crippen LogP) is 3.88. The number of rotatable bonds is 4. The highest BCUT2D eigenvalue weighted by atomic mass is 32.1. The SMILES string of the molecule is C[C@H](C#N)OC(=O)/C=C/c1ccc(-c2ccccc2)s1. The summed E-state index contributed by atoms with van der Waals surface area (Å²) in [6.07, 6.45) is 2.31. The van der Waals surface area contributed by atoms with Crippen molar-refractivity contribution in [2.45, 2.75) is 13.0 Å². The molecule has 0 N–H and O–H groups in total. The van der Waals surface area contributed by atoms with Gasteiger partial charge in [0.25, 0.3) is 0 Å². The molecule has 4 heteroatoms. The number of ether oxygens (including phenoxy) is 1. The molecule has 0 bridgehead atoms. The lowest BCUT2D eigenvalue weighted by Crippen LogP contribution is -2.09. The zero-order valence-electron chi connectivity index (χ0n) is 10.9. The molecule has 2 rings (SSSR count). The minimum atomic E-state index is -0.727. The van der Waals surface area contributed by atoms with Crippen LogP contribution < -0.4 is 0 Å². The zero-order chi connectivity index (χ0) is 14.4. The van der Waals surface area contributed by atoms with Crippen molar-refractivity contribution in [3.05, 3.63) is 53.4 Å². The Bertz CT molecular complexity index is 653. The minimum absolute atomic E-state index is 0.506. The molecule has 0 radical (unpaired) electrons. The van der Waals surface area contributed by atoms with Gasteiger partial charge < -0.3 is 4.74 Å². The van der Waals surface area contributed by atoms with E-state index in [1.165, 1.54) is 13.0 Å². The highest BCUT2D eigenvalue weighted by molar-refractivity contribution is 7.16. The summed E-state index contributed by atoms with van der Waals surface area (Å²) in [5, 5.41) is 8.55. The van der Waals surface area contributed by atoms with Crippen molar-refractivity contribution in [3.63, 3.8) is 0 Å². The number of esters is 1. The van der Waals surface area contributed by atoms with Crippen molar-refractivity contribution >= 4 is 23.4 Å². The third-order valence-electron chi connectivity index (χ3n) is 2.54. The van der Waals surface area contributed by atoms with Gasteiger partial charge in [-0.05, 0) is 30.7 Å². The normalized spacial score (nSPS) is 12.0. The van der Waals surface area contributed by atoms with E-state index in [0.29, 0.717) is 0 Å². The maximum Gasteiger partial charge on any atom is 0.332 e. The number of thiophene rings is 1. The van der Waals surface area contributed by atoms with Crippen LogP contribution in [0.25, 0.3) is 16.5 Å². The van der Waals surface area contributed by atoms with Crippen LogP contribution in [0.5, 0.6) is 0 Å². The summed E-state index contributed by atoms with van der Waals surface area (Å²) in [7, 11) is 0. The molecule has 100 valence electrons. The minimum Gasteiger partial charge on any atom is -0.444 e. The fourth-order valence-electron chi connectivity index (χ4n) is 1.59. The van der Waals surface area contributed by atoms with Crippen molar-refractivity contribution in [2.24, 2.45) is 0 Å². The third kappa shape index (κ3) is 3.81. The summed E-state index contributed by atoms with van der Waals surface area (Å²) in [5.74, 6) is -0.506. The highest BCUT2D eigenvalue weighted by Crippen LogP contribution is 2.28. The Balaban J connectivity index is 2.03. The van der Waals surface area contributed by atoms with E-state index in [9.17, 15) is 4.79 Å². The third-order valence-corrected chi connectivity index (χ3v) is 3.64. The molecule has 2 aromatic rings. The van der Waals surface area contributed by atoms with E-state index in [4.69, 9.17) is 10.00 Å². The molecule has 1 heterocycles. The van der Waals surface area contributed by atoms with Crippen molar-refractivity contribution in [1.82, 2.24) is 0 Å². The van der Waals surface area contributed by atoms with Gasteiger partial charge in [0.05, 0.1) is 0 Å². The number of benzene rings is 1. The molecule has 0 saturated carbocycles. The molecule has 0 aliphatic carbocycles. The Labute approximate surface area is 121 Å². The first-order valence-corrected chi connectivity index (χ1v) is 6.94. The standard InChI is InChI=1S/C16H13NO2S/c1-12(11-17)19-16(18)10-8-14-7-9-15(20-14)13-5-3-2-4-6-13/h2-10,12H,1H3/b10-8+/t12-/m1/s1. The van der Waals surface area contributed by atoms with E-state index >= 15 is 0 Å². The largest absolute Gasteiger partial charge is 0.444 e. The molecular formula is C16H13NO2S. The molecule has 0 aliphatic heterocycles. The topological polar surface area (TPSA) is 50.1 Å². The Hall–Kier alpha value is -2.38. The molecule has 0 saturated heterocycles. The monoisotopic (exact) mass is 283 g/mol. The molecule has 20 heavy (non-hydrogen) atoms. The number of carbonyl (C=O) groups excluding carboxylic acids is 1. The van der Waals surface area contributed by atoms with Crippen LogP contribution >= 0.6 is 11.3 Å². The summed E-state index contributed by atoms with van der Waals surface area (Å²) in [4.78, 5) is 13.5. The molecule has 3 nitrogen and oxygen atoms in total. The average Bonchev–Trinajstić information content (AvgIpc) is 2.95. The van der Waals surface area contributed by atoms with Crippen molar-refractivity contribution in [1.29, 1.82) is 5.26 Å². The summed E-state index contributed by atoms with van der Waals surface area (Å²) in [6.45, 7) is 1.53. The predicted molar refractivity (Wildman–Crippen MR) is 80.0 cm³/mol. The van der Waals surface area contributed by atoms with Gasteiger partial charge in [0.15, 0.2) is 6.10 Å². The highest BCUT2D eigenvalue weighted by Gasteiger charge is 2.05. The second-order valence-corrected chi connectivity index (χ2v) is 5.22. The van der Waals surface area contributed by atoms with Gasteiger partial charge in [0.1, 0.15) is 6.07 Å². The number of hydrogen-bond acceptors (Lipinski definition) is 4. The number of hydrogen-bond donors (Lipinski definition) is 0. The lowest BCUT2D eigenvalue weighted by Gasteiger charge is -2.00. The van der Waals surface area contributed by atoms with Gasteiger partial charge in [-0.25, -0.2) is 4.79 Å². The van der Waals surface area contributed by atoms with E-state index in [-0.39, 0.29) is 0 Å². The molecule has 0 spiro atoms. The van der Waals surface area contributed by atoms with Crippen LogP contribution in [0.4, 0.5) is 0 Å². The summed E-state index contributed by atoms with van der Waals surface area (Å²) < 4.78 is 4.83. The smallest absolute Gasteiger partial charge is 0.332 e. The summed E-state index contributed by atoms with van der Waals surface area (Å²) in [6, 6.07) is 15.9. The van der Waals surface area contributed by atoms with Crippen molar-refractivity contribution in [2.75, 3.05) is 0 Å². The second kappa shape index (κ2) is 6.69. The Morgan fingerprint density at radius 3 is 2.75 bits per heavy atom.